The summed E-state index contributed by atoms with van der Waals surface area (Å²) in [7, 11) is 0. The zero-order chi connectivity index (χ0) is 40.4. The van der Waals surface area contributed by atoms with Gasteiger partial charge in [0.1, 0.15) is 5.58 Å². The van der Waals surface area contributed by atoms with Crippen LogP contribution in [0.1, 0.15) is 5.56 Å². The van der Waals surface area contributed by atoms with Crippen molar-refractivity contribution in [3.8, 4) is 22.6 Å². The molecule has 4 nitrogen and oxygen atoms in total. The van der Waals surface area contributed by atoms with Crippen molar-refractivity contribution in [3.05, 3.63) is 212 Å². The maximum atomic E-state index is 6.86. The fourth-order valence-electron chi connectivity index (χ4n) is 9.21. The third-order valence-electron chi connectivity index (χ3n) is 12.0. The number of para-hydroxylation sites is 2. The summed E-state index contributed by atoms with van der Waals surface area (Å²) in [4.78, 5) is 9.61. The van der Waals surface area contributed by atoms with Gasteiger partial charge in [0.15, 0.2) is 0 Å². The molecule has 0 saturated carbocycles. The second-order valence-electron chi connectivity index (χ2n) is 15.6. The van der Waals surface area contributed by atoms with Crippen LogP contribution in [0.25, 0.3) is 115 Å². The molecule has 13 rings (SSSR count). The molecule has 62 heavy (non-hydrogen) atoms. The smallest absolute Gasteiger partial charge is 0.121 e. The molecule has 9 aromatic carbocycles. The van der Waals surface area contributed by atoms with Gasteiger partial charge in [0.2, 0.25) is 0 Å². The summed E-state index contributed by atoms with van der Waals surface area (Å²) >= 11 is 0. The molecule has 0 N–H and O–H groups in total. The largest absolute Gasteiger partial charge is 0.501 e. The summed E-state index contributed by atoms with van der Waals surface area (Å²) in [6, 6.07) is 72.7. The van der Waals surface area contributed by atoms with Gasteiger partial charge >= 0.3 is 0 Å². The molecule has 5 heteroatoms. The predicted octanol–water partition coefficient (Wildman–Crippen LogP) is 15.0. The molecule has 0 spiro atoms. The summed E-state index contributed by atoms with van der Waals surface area (Å²) in [5.41, 5.74) is 8.83. The monoisotopic (exact) mass is 970 g/mol. The molecule has 0 saturated heterocycles. The van der Waals surface area contributed by atoms with E-state index in [1.807, 2.05) is 48.5 Å². The number of hydrogen-bond acceptors (Lipinski definition) is 3. The number of pyridine rings is 1. The Balaban J connectivity index is 0.000000288. The fraction of sp³-hybridized carbons (Fsp3) is 0.0175. The molecule has 0 amide bonds. The van der Waals surface area contributed by atoms with Crippen LogP contribution < -0.4 is 0 Å². The summed E-state index contributed by atoms with van der Waals surface area (Å²) in [6.07, 6.45) is 1.79. The molecule has 0 aliphatic rings. The molecule has 295 valence electrons. The third kappa shape index (κ3) is 6.09. The Hall–Kier alpha value is -7.43. The third-order valence-corrected chi connectivity index (χ3v) is 12.0. The quantitative estimate of drug-likeness (QED) is 0.128. The van der Waals surface area contributed by atoms with Crippen LogP contribution in [0.5, 0.6) is 0 Å². The van der Waals surface area contributed by atoms with E-state index in [0.29, 0.717) is 0 Å². The first-order valence-electron chi connectivity index (χ1n) is 20.6. The van der Waals surface area contributed by atoms with Gasteiger partial charge in [-0.1, -0.05) is 138 Å². The first-order valence-corrected chi connectivity index (χ1v) is 20.6. The fourth-order valence-corrected chi connectivity index (χ4v) is 9.21. The number of aromatic nitrogens is 3. The van der Waals surface area contributed by atoms with Gasteiger partial charge in [0, 0.05) is 48.0 Å². The van der Waals surface area contributed by atoms with Crippen LogP contribution in [0.15, 0.2) is 199 Å². The van der Waals surface area contributed by atoms with E-state index in [4.69, 9.17) is 9.40 Å². The van der Waals surface area contributed by atoms with Crippen molar-refractivity contribution in [2.45, 2.75) is 6.92 Å². The Morgan fingerprint density at radius 1 is 0.500 bits per heavy atom. The molecule has 13 aromatic rings. The first-order chi connectivity index (χ1) is 30.2. The van der Waals surface area contributed by atoms with E-state index in [1.54, 1.807) is 6.20 Å². The Bertz CT molecular complexity index is 3850. The summed E-state index contributed by atoms with van der Waals surface area (Å²) in [6.45, 7) is 2.14. The summed E-state index contributed by atoms with van der Waals surface area (Å²) in [5, 5.41) is 14.1. The standard InChI is InChI=1S/C46H27N2O.C11H8N.Ir/c1-27-20-23-30-28(24-27)21-22-29-25-40-37-16-8-17-38(45(37)49-43(40)26-39(29)30)46-47-41-18-9-15-36-34-13-5-3-11-32(34)31-10-2-4-12-33(31)35-14-6-7-19-42(35)48(46)44(36)41;1-2-6-10(7-3-1)11-8-4-5-9-12-11;/h2-16,18-26H,1H3;1-6,8-9H;/q2*-1;. The minimum Gasteiger partial charge on any atom is -0.501 e. The maximum absolute atomic E-state index is 6.86. The van der Waals surface area contributed by atoms with Gasteiger partial charge in [0.05, 0.1) is 22.4 Å². The molecule has 0 atom stereocenters. The number of nitrogens with zero attached hydrogens (tertiary/aromatic N) is 3. The first kappa shape index (κ1) is 37.6. The Labute approximate surface area is 370 Å². The minimum atomic E-state index is 0. The molecule has 1 radical (unpaired) electrons. The van der Waals surface area contributed by atoms with Gasteiger partial charge in [-0.3, -0.25) is 4.98 Å². The molecule has 0 unspecified atom stereocenters. The average Bonchev–Trinajstić information content (AvgIpc) is 3.90. The van der Waals surface area contributed by atoms with Gasteiger partial charge in [-0.25, -0.2) is 0 Å². The SMILES string of the molecule is Cc1ccc2c(ccc3cc4c(cc32)oc2c(-c3nc5cccc6c7ccccc7c7ccccc7c7ccccc7n3c56)[c-]ccc24)c1.[Ir].[c-]1ccccc1-c1ccccn1. The van der Waals surface area contributed by atoms with E-state index in [2.05, 4.69) is 168 Å². The Morgan fingerprint density at radius 3 is 1.95 bits per heavy atom. The molecule has 0 bridgehead atoms. The minimum absolute atomic E-state index is 0. The van der Waals surface area contributed by atoms with Gasteiger partial charge in [-0.2, -0.15) is 0 Å². The number of rotatable bonds is 2. The zero-order valence-corrected chi connectivity index (χ0v) is 36.0. The van der Waals surface area contributed by atoms with Crippen LogP contribution in [0, 0.1) is 19.1 Å². The van der Waals surface area contributed by atoms with E-state index in [9.17, 15) is 0 Å². The van der Waals surface area contributed by atoms with E-state index >= 15 is 0 Å². The van der Waals surface area contributed by atoms with Gasteiger partial charge in [0.25, 0.3) is 0 Å². The summed E-state index contributed by atoms with van der Waals surface area (Å²) < 4.78 is 9.20. The molecule has 0 aliphatic carbocycles. The average molecular weight is 970 g/mol. The number of hydrogen-bond donors (Lipinski definition) is 0. The Morgan fingerprint density at radius 2 is 1.19 bits per heavy atom. The maximum Gasteiger partial charge on any atom is 0.121 e. The van der Waals surface area contributed by atoms with Gasteiger partial charge in [-0.15, -0.1) is 54.1 Å². The van der Waals surface area contributed by atoms with Crippen molar-refractivity contribution in [2.75, 3.05) is 0 Å². The number of imidazole rings is 1. The van der Waals surface area contributed by atoms with Crippen LogP contribution in [0.4, 0.5) is 0 Å². The predicted molar refractivity (Wildman–Crippen MR) is 254 cm³/mol. The topological polar surface area (TPSA) is 43.3 Å². The normalized spacial score (nSPS) is 11.5. The number of benzene rings is 9. The van der Waals surface area contributed by atoms with Crippen LogP contribution in [-0.2, 0) is 20.1 Å². The van der Waals surface area contributed by atoms with Crippen molar-refractivity contribution in [2.24, 2.45) is 0 Å². The van der Waals surface area contributed by atoms with E-state index in [-0.39, 0.29) is 20.1 Å². The van der Waals surface area contributed by atoms with Crippen molar-refractivity contribution >= 4 is 92.4 Å². The number of furan rings is 1. The van der Waals surface area contributed by atoms with Crippen LogP contribution in [0.2, 0.25) is 0 Å². The van der Waals surface area contributed by atoms with Crippen LogP contribution >= 0.6 is 0 Å². The second-order valence-corrected chi connectivity index (χ2v) is 15.6. The molecular weight excluding hydrogens is 935 g/mol. The van der Waals surface area contributed by atoms with E-state index < -0.39 is 0 Å². The number of fused-ring (bicyclic) bond motifs is 13. The molecule has 4 aromatic heterocycles. The van der Waals surface area contributed by atoms with Crippen molar-refractivity contribution in [1.82, 2.24) is 14.4 Å². The van der Waals surface area contributed by atoms with Crippen molar-refractivity contribution in [3.63, 3.8) is 0 Å². The van der Waals surface area contributed by atoms with Gasteiger partial charge < -0.3 is 13.8 Å². The van der Waals surface area contributed by atoms with Crippen LogP contribution in [0.3, 0.4) is 0 Å². The molecule has 4 heterocycles. The van der Waals surface area contributed by atoms with Gasteiger partial charge in [-0.05, 0) is 86.0 Å². The Kier molecular flexibility index (Phi) is 9.23. The van der Waals surface area contributed by atoms with E-state index in [1.165, 1.54) is 48.7 Å². The van der Waals surface area contributed by atoms with Crippen molar-refractivity contribution < 1.29 is 24.5 Å². The second kappa shape index (κ2) is 15.2. The van der Waals surface area contributed by atoms with Crippen LogP contribution in [-0.4, -0.2) is 14.4 Å². The molecular formula is C57H35IrN3O-2. The molecule has 0 aliphatic heterocycles. The zero-order valence-electron chi connectivity index (χ0n) is 33.6. The van der Waals surface area contributed by atoms with E-state index in [0.717, 1.165) is 71.9 Å². The number of aryl methyl sites for hydroxylation is 1. The molecule has 0 fully saturated rings. The van der Waals surface area contributed by atoms with Crippen molar-refractivity contribution in [1.29, 1.82) is 0 Å². The summed E-state index contributed by atoms with van der Waals surface area (Å²) in [5.74, 6) is 0.807.